The molecule has 20 heavy (non-hydrogen) atoms. The van der Waals surface area contributed by atoms with Crippen LogP contribution in [0.25, 0.3) is 11.1 Å². The van der Waals surface area contributed by atoms with Gasteiger partial charge in [-0.3, -0.25) is 4.79 Å². The number of aromatic nitrogens is 1. The SMILES string of the molecule is Cl.NC1(C(=O)Nc2ccc3nc(C4CC4)oc3c2)CC1. The zero-order valence-electron chi connectivity index (χ0n) is 10.9. The van der Waals surface area contributed by atoms with E-state index in [1.807, 2.05) is 18.2 Å². The molecule has 2 aliphatic carbocycles. The second kappa shape index (κ2) is 4.46. The molecule has 2 saturated carbocycles. The highest BCUT2D eigenvalue weighted by atomic mass is 35.5. The van der Waals surface area contributed by atoms with Gasteiger partial charge in [0, 0.05) is 17.7 Å². The molecule has 2 fully saturated rings. The molecule has 0 bridgehead atoms. The topological polar surface area (TPSA) is 81.2 Å². The fourth-order valence-electron chi connectivity index (χ4n) is 2.14. The van der Waals surface area contributed by atoms with Gasteiger partial charge in [0.25, 0.3) is 0 Å². The van der Waals surface area contributed by atoms with E-state index in [4.69, 9.17) is 10.2 Å². The first-order valence-electron chi connectivity index (χ1n) is 6.65. The van der Waals surface area contributed by atoms with Crippen molar-refractivity contribution in [1.82, 2.24) is 4.98 Å². The highest BCUT2D eigenvalue weighted by molar-refractivity contribution is 6.00. The molecule has 1 amide bonds. The zero-order valence-corrected chi connectivity index (χ0v) is 11.7. The largest absolute Gasteiger partial charge is 0.440 e. The van der Waals surface area contributed by atoms with Crippen LogP contribution in [0, 0.1) is 0 Å². The fraction of sp³-hybridized carbons (Fsp3) is 0.429. The van der Waals surface area contributed by atoms with Crippen LogP contribution in [0.4, 0.5) is 5.69 Å². The molecule has 1 heterocycles. The molecule has 4 rings (SSSR count). The molecule has 0 atom stereocenters. The molecule has 0 radical (unpaired) electrons. The Kier molecular flexibility index (Phi) is 2.99. The summed E-state index contributed by atoms with van der Waals surface area (Å²) >= 11 is 0. The summed E-state index contributed by atoms with van der Waals surface area (Å²) in [5, 5.41) is 2.84. The number of nitrogens with two attached hydrogens (primary N) is 1. The molecule has 6 heteroatoms. The van der Waals surface area contributed by atoms with Crippen LogP contribution in [0.5, 0.6) is 0 Å². The lowest BCUT2D eigenvalue weighted by Crippen LogP contribution is -2.37. The highest BCUT2D eigenvalue weighted by Gasteiger charge is 2.45. The number of hydrogen-bond acceptors (Lipinski definition) is 4. The van der Waals surface area contributed by atoms with Gasteiger partial charge in [-0.05, 0) is 37.8 Å². The van der Waals surface area contributed by atoms with Gasteiger partial charge >= 0.3 is 0 Å². The number of nitrogens with one attached hydrogen (secondary N) is 1. The number of fused-ring (bicyclic) bond motifs is 1. The van der Waals surface area contributed by atoms with Crippen LogP contribution >= 0.6 is 12.4 Å². The molecule has 2 aliphatic rings. The van der Waals surface area contributed by atoms with Crippen molar-refractivity contribution in [2.75, 3.05) is 5.32 Å². The van der Waals surface area contributed by atoms with Gasteiger partial charge in [0.15, 0.2) is 11.5 Å². The van der Waals surface area contributed by atoms with Gasteiger partial charge in [-0.2, -0.15) is 0 Å². The molecular weight excluding hydrogens is 278 g/mol. The minimum Gasteiger partial charge on any atom is -0.440 e. The van der Waals surface area contributed by atoms with Crippen molar-refractivity contribution in [2.45, 2.75) is 37.1 Å². The van der Waals surface area contributed by atoms with E-state index < -0.39 is 5.54 Å². The summed E-state index contributed by atoms with van der Waals surface area (Å²) in [4.78, 5) is 16.3. The predicted molar refractivity (Wildman–Crippen MR) is 78.0 cm³/mol. The Morgan fingerprint density at radius 2 is 2.15 bits per heavy atom. The number of carbonyl (C=O) groups is 1. The normalized spacial score (nSPS) is 19.4. The van der Waals surface area contributed by atoms with Gasteiger partial charge in [0.1, 0.15) is 5.52 Å². The number of rotatable bonds is 3. The lowest BCUT2D eigenvalue weighted by atomic mass is 10.2. The first-order valence-corrected chi connectivity index (χ1v) is 6.65. The number of amides is 1. The van der Waals surface area contributed by atoms with Gasteiger partial charge in [-0.25, -0.2) is 4.98 Å². The summed E-state index contributed by atoms with van der Waals surface area (Å²) in [6.07, 6.45) is 3.84. The molecule has 5 nitrogen and oxygen atoms in total. The third kappa shape index (κ3) is 2.27. The summed E-state index contributed by atoms with van der Waals surface area (Å²) in [6, 6.07) is 5.53. The summed E-state index contributed by atoms with van der Waals surface area (Å²) in [5.41, 5.74) is 7.48. The lowest BCUT2D eigenvalue weighted by molar-refractivity contribution is -0.118. The van der Waals surface area contributed by atoms with E-state index in [0.717, 1.165) is 42.7 Å². The van der Waals surface area contributed by atoms with Crippen molar-refractivity contribution in [3.05, 3.63) is 24.1 Å². The van der Waals surface area contributed by atoms with Crippen LogP contribution in [-0.4, -0.2) is 16.4 Å². The summed E-state index contributed by atoms with van der Waals surface area (Å²) in [6.45, 7) is 0. The van der Waals surface area contributed by atoms with Crippen molar-refractivity contribution in [3.8, 4) is 0 Å². The lowest BCUT2D eigenvalue weighted by Gasteiger charge is -2.09. The molecule has 106 valence electrons. The number of carbonyl (C=O) groups excluding carboxylic acids is 1. The molecule has 1 aromatic carbocycles. The first kappa shape index (κ1) is 13.4. The van der Waals surface area contributed by atoms with Crippen LogP contribution in [0.3, 0.4) is 0 Å². The van der Waals surface area contributed by atoms with Crippen molar-refractivity contribution < 1.29 is 9.21 Å². The van der Waals surface area contributed by atoms with E-state index in [2.05, 4.69) is 10.3 Å². The van der Waals surface area contributed by atoms with Gasteiger partial charge in [0.05, 0.1) is 5.54 Å². The second-order valence-corrected chi connectivity index (χ2v) is 5.62. The monoisotopic (exact) mass is 293 g/mol. The summed E-state index contributed by atoms with van der Waals surface area (Å²) in [7, 11) is 0. The van der Waals surface area contributed by atoms with E-state index in [0.29, 0.717) is 11.6 Å². The first-order chi connectivity index (χ1) is 9.14. The molecule has 2 aromatic rings. The summed E-state index contributed by atoms with van der Waals surface area (Å²) < 4.78 is 5.72. The third-order valence-corrected chi connectivity index (χ3v) is 3.83. The molecular formula is C14H16ClN3O2. The smallest absolute Gasteiger partial charge is 0.244 e. The van der Waals surface area contributed by atoms with Crippen molar-refractivity contribution in [3.63, 3.8) is 0 Å². The Morgan fingerprint density at radius 1 is 1.40 bits per heavy atom. The van der Waals surface area contributed by atoms with Crippen molar-refractivity contribution in [2.24, 2.45) is 5.73 Å². The quantitative estimate of drug-likeness (QED) is 0.911. The molecule has 0 aliphatic heterocycles. The standard InChI is InChI=1S/C14H15N3O2.ClH/c15-14(5-6-14)13(18)16-9-3-4-10-11(7-9)19-12(17-10)8-1-2-8;/h3-4,7-8H,1-2,5-6,15H2,(H,16,18);1H. The van der Waals surface area contributed by atoms with Gasteiger partial charge in [-0.15, -0.1) is 12.4 Å². The van der Waals surface area contributed by atoms with Crippen LogP contribution in [-0.2, 0) is 4.79 Å². The Balaban J connectivity index is 0.00000121. The maximum atomic E-state index is 11.9. The average molecular weight is 294 g/mol. The number of nitrogens with zero attached hydrogens (tertiary/aromatic N) is 1. The van der Waals surface area contributed by atoms with Crippen molar-refractivity contribution >= 4 is 35.1 Å². The molecule has 0 unspecified atom stereocenters. The second-order valence-electron chi connectivity index (χ2n) is 5.62. The minimum absolute atomic E-state index is 0. The Hall–Kier alpha value is -1.59. The van der Waals surface area contributed by atoms with Gasteiger partial charge < -0.3 is 15.5 Å². The molecule has 0 saturated heterocycles. The molecule has 1 aromatic heterocycles. The zero-order chi connectivity index (χ0) is 13.0. The van der Waals surface area contributed by atoms with E-state index in [1.54, 1.807) is 0 Å². The van der Waals surface area contributed by atoms with Crippen LogP contribution in [0.2, 0.25) is 0 Å². The number of benzene rings is 1. The Bertz CT molecular complexity index is 674. The van der Waals surface area contributed by atoms with Gasteiger partial charge in [-0.1, -0.05) is 0 Å². The van der Waals surface area contributed by atoms with Crippen molar-refractivity contribution in [1.29, 1.82) is 0 Å². The third-order valence-electron chi connectivity index (χ3n) is 3.83. The number of oxazole rings is 1. The molecule has 3 N–H and O–H groups in total. The highest BCUT2D eigenvalue weighted by Crippen LogP contribution is 2.40. The maximum Gasteiger partial charge on any atom is 0.244 e. The maximum absolute atomic E-state index is 11.9. The predicted octanol–water partition coefficient (Wildman–Crippen LogP) is 2.56. The number of halogens is 1. The van der Waals surface area contributed by atoms with Crippen LogP contribution < -0.4 is 11.1 Å². The van der Waals surface area contributed by atoms with Gasteiger partial charge in [0.2, 0.25) is 5.91 Å². The average Bonchev–Trinajstić information content (AvgIpc) is 3.30. The van der Waals surface area contributed by atoms with Crippen LogP contribution in [0.15, 0.2) is 22.6 Å². The molecule has 0 spiro atoms. The van der Waals surface area contributed by atoms with E-state index >= 15 is 0 Å². The Labute approximate surface area is 122 Å². The van der Waals surface area contributed by atoms with Crippen LogP contribution in [0.1, 0.15) is 37.5 Å². The summed E-state index contributed by atoms with van der Waals surface area (Å²) in [5.74, 6) is 1.19. The fourth-order valence-corrected chi connectivity index (χ4v) is 2.14. The Morgan fingerprint density at radius 3 is 2.80 bits per heavy atom. The van der Waals surface area contributed by atoms with E-state index in [9.17, 15) is 4.79 Å². The number of hydrogen-bond donors (Lipinski definition) is 2. The van der Waals surface area contributed by atoms with E-state index in [1.165, 1.54) is 0 Å². The minimum atomic E-state index is -0.657. The van der Waals surface area contributed by atoms with E-state index in [-0.39, 0.29) is 18.3 Å². The number of anilines is 1.